The Morgan fingerprint density at radius 1 is 0.667 bits per heavy atom. The second-order valence-electron chi connectivity index (χ2n) is 6.88. The van der Waals surface area contributed by atoms with Crippen LogP contribution in [-0.2, 0) is 0 Å². The van der Waals surface area contributed by atoms with Crippen molar-refractivity contribution in [1.82, 2.24) is 4.57 Å². The molecule has 0 radical (unpaired) electrons. The van der Waals surface area contributed by atoms with Crippen molar-refractivity contribution in [2.75, 3.05) is 5.73 Å². The first-order chi connectivity index (χ1) is 13.3. The molecule has 0 saturated carbocycles. The molecular formula is C24H16N2O. The summed E-state index contributed by atoms with van der Waals surface area (Å²) in [7, 11) is 0. The number of rotatable bonds is 1. The van der Waals surface area contributed by atoms with Crippen LogP contribution in [0, 0.1) is 0 Å². The molecule has 4 aromatic carbocycles. The number of aromatic nitrogens is 1. The molecule has 2 heterocycles. The molecule has 3 heteroatoms. The molecule has 0 bridgehead atoms. The molecule has 0 atom stereocenters. The van der Waals surface area contributed by atoms with Crippen molar-refractivity contribution >= 4 is 49.4 Å². The predicted octanol–water partition coefficient (Wildman–Crippen LogP) is 6.27. The summed E-state index contributed by atoms with van der Waals surface area (Å²) < 4.78 is 8.58. The average molecular weight is 348 g/mol. The number of nitrogen functional groups attached to an aromatic ring is 1. The van der Waals surface area contributed by atoms with Crippen LogP contribution in [0.4, 0.5) is 5.69 Å². The molecule has 27 heavy (non-hydrogen) atoms. The van der Waals surface area contributed by atoms with Gasteiger partial charge in [0.2, 0.25) is 0 Å². The molecule has 0 unspecified atom stereocenters. The van der Waals surface area contributed by atoms with Gasteiger partial charge in [0.15, 0.2) is 0 Å². The number of furan rings is 1. The Bertz CT molecular complexity index is 1470. The van der Waals surface area contributed by atoms with E-state index in [0.29, 0.717) is 0 Å². The molecule has 0 aliphatic rings. The minimum Gasteiger partial charge on any atom is -0.455 e. The summed E-state index contributed by atoms with van der Waals surface area (Å²) in [6.45, 7) is 0. The highest BCUT2D eigenvalue weighted by Gasteiger charge is 2.18. The molecule has 128 valence electrons. The Balaban J connectivity index is 1.89. The number of hydrogen-bond acceptors (Lipinski definition) is 2. The molecule has 6 rings (SSSR count). The summed E-state index contributed by atoms with van der Waals surface area (Å²) in [4.78, 5) is 0. The fraction of sp³-hybridized carbons (Fsp3) is 0. The normalized spacial score (nSPS) is 11.9. The summed E-state index contributed by atoms with van der Waals surface area (Å²) in [5.74, 6) is 0. The molecule has 0 amide bonds. The third-order valence-corrected chi connectivity index (χ3v) is 5.31. The minimum absolute atomic E-state index is 0.753. The first-order valence-electron chi connectivity index (χ1n) is 9.00. The van der Waals surface area contributed by atoms with Crippen molar-refractivity contribution in [3.05, 3.63) is 84.9 Å². The van der Waals surface area contributed by atoms with E-state index in [1.54, 1.807) is 0 Å². The Morgan fingerprint density at radius 2 is 1.44 bits per heavy atom. The highest BCUT2D eigenvalue weighted by atomic mass is 16.3. The summed E-state index contributed by atoms with van der Waals surface area (Å²) in [5.41, 5.74) is 12.1. The quantitative estimate of drug-likeness (QED) is 0.356. The van der Waals surface area contributed by atoms with Crippen LogP contribution in [0.15, 0.2) is 89.3 Å². The van der Waals surface area contributed by atoms with E-state index in [0.717, 1.165) is 55.1 Å². The van der Waals surface area contributed by atoms with Gasteiger partial charge in [-0.25, -0.2) is 0 Å². The van der Waals surface area contributed by atoms with Gasteiger partial charge in [0.25, 0.3) is 0 Å². The molecular weight excluding hydrogens is 332 g/mol. The molecule has 0 spiro atoms. The highest BCUT2D eigenvalue weighted by molar-refractivity contribution is 6.24. The van der Waals surface area contributed by atoms with Crippen LogP contribution in [0.5, 0.6) is 0 Å². The lowest BCUT2D eigenvalue weighted by molar-refractivity contribution is 0.673. The second kappa shape index (κ2) is 5.15. The van der Waals surface area contributed by atoms with E-state index in [4.69, 9.17) is 10.2 Å². The SMILES string of the molecule is Nc1ccc2c(c1)c1c3oc4ccccc4c3ccc1n2-c1ccccc1. The standard InChI is InChI=1S/C24H16N2O/c25-15-10-12-20-19(14-15)23-21(26(20)16-6-2-1-3-7-16)13-11-18-17-8-4-5-9-22(17)27-24(18)23/h1-14H,25H2. The van der Waals surface area contributed by atoms with Crippen LogP contribution >= 0.6 is 0 Å². The minimum atomic E-state index is 0.753. The van der Waals surface area contributed by atoms with Crippen LogP contribution < -0.4 is 5.73 Å². The first-order valence-corrected chi connectivity index (χ1v) is 9.00. The van der Waals surface area contributed by atoms with Crippen molar-refractivity contribution in [2.45, 2.75) is 0 Å². The van der Waals surface area contributed by atoms with Crippen LogP contribution in [-0.4, -0.2) is 4.57 Å². The van der Waals surface area contributed by atoms with Crippen LogP contribution in [0.3, 0.4) is 0 Å². The molecule has 3 nitrogen and oxygen atoms in total. The van der Waals surface area contributed by atoms with Crippen LogP contribution in [0.1, 0.15) is 0 Å². The topological polar surface area (TPSA) is 44.1 Å². The van der Waals surface area contributed by atoms with Crippen molar-refractivity contribution in [3.8, 4) is 5.69 Å². The Morgan fingerprint density at radius 3 is 2.33 bits per heavy atom. The van der Waals surface area contributed by atoms with E-state index in [9.17, 15) is 0 Å². The van der Waals surface area contributed by atoms with Crippen molar-refractivity contribution in [2.24, 2.45) is 0 Å². The lowest BCUT2D eigenvalue weighted by atomic mass is 10.1. The van der Waals surface area contributed by atoms with Gasteiger partial charge in [0.1, 0.15) is 11.2 Å². The molecule has 0 saturated heterocycles. The second-order valence-corrected chi connectivity index (χ2v) is 6.88. The van der Waals surface area contributed by atoms with Crippen molar-refractivity contribution in [1.29, 1.82) is 0 Å². The average Bonchev–Trinajstić information content (AvgIpc) is 3.23. The summed E-state index contributed by atoms with van der Waals surface area (Å²) in [6.07, 6.45) is 0. The maximum atomic E-state index is 6.31. The van der Waals surface area contributed by atoms with Gasteiger partial charge in [0, 0.05) is 27.5 Å². The number of nitrogens with two attached hydrogens (primary N) is 1. The van der Waals surface area contributed by atoms with E-state index < -0.39 is 0 Å². The number of hydrogen-bond donors (Lipinski definition) is 1. The number of benzene rings is 4. The van der Waals surface area contributed by atoms with Gasteiger partial charge in [-0.05, 0) is 48.5 Å². The molecule has 0 aliphatic carbocycles. The van der Waals surface area contributed by atoms with Crippen LogP contribution in [0.25, 0.3) is 49.4 Å². The summed E-state index contributed by atoms with van der Waals surface area (Å²) >= 11 is 0. The zero-order valence-corrected chi connectivity index (χ0v) is 14.5. The number of anilines is 1. The monoisotopic (exact) mass is 348 g/mol. The van der Waals surface area contributed by atoms with E-state index >= 15 is 0 Å². The van der Waals surface area contributed by atoms with Gasteiger partial charge in [-0.2, -0.15) is 0 Å². The Labute approximate surface area is 155 Å². The molecule has 6 aromatic rings. The van der Waals surface area contributed by atoms with Gasteiger partial charge in [-0.1, -0.05) is 36.4 Å². The van der Waals surface area contributed by atoms with Gasteiger partial charge in [-0.3, -0.25) is 0 Å². The van der Waals surface area contributed by atoms with E-state index in [2.05, 4.69) is 53.1 Å². The van der Waals surface area contributed by atoms with E-state index in [1.807, 2.05) is 36.4 Å². The number of nitrogens with zero attached hydrogens (tertiary/aromatic N) is 1. The zero-order valence-electron chi connectivity index (χ0n) is 14.5. The van der Waals surface area contributed by atoms with Crippen LogP contribution in [0.2, 0.25) is 0 Å². The van der Waals surface area contributed by atoms with E-state index in [1.165, 1.54) is 0 Å². The lowest BCUT2D eigenvalue weighted by Gasteiger charge is -2.07. The van der Waals surface area contributed by atoms with Gasteiger partial charge in [0.05, 0.1) is 16.4 Å². The van der Waals surface area contributed by atoms with Gasteiger partial charge in [-0.15, -0.1) is 0 Å². The number of fused-ring (bicyclic) bond motifs is 7. The molecule has 0 fully saturated rings. The third-order valence-electron chi connectivity index (χ3n) is 5.31. The fourth-order valence-electron chi connectivity index (χ4n) is 4.16. The fourth-order valence-corrected chi connectivity index (χ4v) is 4.16. The van der Waals surface area contributed by atoms with Gasteiger partial charge >= 0.3 is 0 Å². The van der Waals surface area contributed by atoms with Gasteiger partial charge < -0.3 is 14.7 Å². The maximum Gasteiger partial charge on any atom is 0.145 e. The van der Waals surface area contributed by atoms with Crippen molar-refractivity contribution < 1.29 is 4.42 Å². The third kappa shape index (κ3) is 1.91. The van der Waals surface area contributed by atoms with Crippen molar-refractivity contribution in [3.63, 3.8) is 0 Å². The largest absolute Gasteiger partial charge is 0.455 e. The summed E-state index contributed by atoms with van der Waals surface area (Å²) in [6, 6.07) is 29.0. The molecule has 2 aromatic heterocycles. The molecule has 0 aliphatic heterocycles. The highest BCUT2D eigenvalue weighted by Crippen LogP contribution is 2.40. The maximum absolute atomic E-state index is 6.31. The first kappa shape index (κ1) is 14.4. The Kier molecular flexibility index (Phi) is 2.75. The van der Waals surface area contributed by atoms with E-state index in [-0.39, 0.29) is 0 Å². The number of para-hydroxylation sites is 2. The zero-order chi connectivity index (χ0) is 18.0. The smallest absolute Gasteiger partial charge is 0.145 e. The summed E-state index contributed by atoms with van der Waals surface area (Å²) in [5, 5.41) is 4.49. The predicted molar refractivity (Wildman–Crippen MR) is 112 cm³/mol. The lowest BCUT2D eigenvalue weighted by Crippen LogP contribution is -1.93. The molecule has 2 N–H and O–H groups in total. The Hall–Kier alpha value is -3.72.